The number of ether oxygens (including phenoxy) is 2. The lowest BCUT2D eigenvalue weighted by Crippen LogP contribution is -2.30. The van der Waals surface area contributed by atoms with Gasteiger partial charge in [0, 0.05) is 24.5 Å². The lowest BCUT2D eigenvalue weighted by Gasteiger charge is -2.29. The minimum absolute atomic E-state index is 0.0157. The molecular formula is C29H28Cl2N2O6. The molecule has 1 aromatic heterocycles. The molecule has 3 heterocycles. The van der Waals surface area contributed by atoms with Crippen LogP contribution in [-0.4, -0.2) is 44.1 Å². The van der Waals surface area contributed by atoms with Crippen LogP contribution in [0.2, 0.25) is 10.0 Å². The van der Waals surface area contributed by atoms with Gasteiger partial charge in [-0.05, 0) is 68.7 Å². The Labute approximate surface area is 236 Å². The van der Waals surface area contributed by atoms with Gasteiger partial charge in [-0.3, -0.25) is 14.5 Å². The molecule has 1 amide bonds. The van der Waals surface area contributed by atoms with Crippen molar-refractivity contribution in [1.29, 1.82) is 0 Å². The largest absolute Gasteiger partial charge is 0.507 e. The number of piperidine rings is 1. The van der Waals surface area contributed by atoms with Crippen LogP contribution in [0.4, 0.5) is 11.4 Å². The fraction of sp³-hybridized carbons (Fsp3) is 0.310. The van der Waals surface area contributed by atoms with Crippen molar-refractivity contribution in [2.24, 2.45) is 0 Å². The van der Waals surface area contributed by atoms with E-state index >= 15 is 0 Å². The predicted octanol–water partition coefficient (Wildman–Crippen LogP) is 6.53. The number of hydrogen-bond acceptors (Lipinski definition) is 7. The fourth-order valence-electron chi connectivity index (χ4n) is 5.24. The van der Waals surface area contributed by atoms with Gasteiger partial charge in [0.2, 0.25) is 0 Å². The summed E-state index contributed by atoms with van der Waals surface area (Å²) in [5.74, 6) is -1.07. The maximum absolute atomic E-state index is 13.5. The van der Waals surface area contributed by atoms with Crippen LogP contribution >= 0.6 is 23.2 Å². The molecule has 39 heavy (non-hydrogen) atoms. The molecule has 2 aliphatic heterocycles. The molecule has 2 saturated heterocycles. The molecule has 0 bridgehead atoms. The molecule has 0 aliphatic carbocycles. The number of aliphatic hydroxyl groups excluding tert-OH is 1. The van der Waals surface area contributed by atoms with E-state index in [1.54, 1.807) is 31.2 Å². The Morgan fingerprint density at radius 3 is 2.18 bits per heavy atom. The minimum atomic E-state index is -1.04. The Kier molecular flexibility index (Phi) is 7.51. The highest BCUT2D eigenvalue weighted by atomic mass is 35.5. The number of anilines is 2. The van der Waals surface area contributed by atoms with Crippen LogP contribution in [0, 0.1) is 6.92 Å². The van der Waals surface area contributed by atoms with Crippen LogP contribution in [0.1, 0.15) is 42.4 Å². The quantitative estimate of drug-likeness (QED) is 0.204. The normalized spacial score (nSPS) is 19.1. The number of Topliss-reactive ketones (excluding diaryl/α,β-unsaturated/α-hetero) is 1. The summed E-state index contributed by atoms with van der Waals surface area (Å²) in [5.41, 5.74) is 1.41. The number of benzene rings is 2. The minimum Gasteiger partial charge on any atom is -0.507 e. The van der Waals surface area contributed by atoms with Crippen molar-refractivity contribution in [2.75, 3.05) is 37.1 Å². The predicted molar refractivity (Wildman–Crippen MR) is 150 cm³/mol. The third-order valence-corrected chi connectivity index (χ3v) is 7.74. The van der Waals surface area contributed by atoms with Gasteiger partial charge in [0.15, 0.2) is 11.5 Å². The molecule has 10 heteroatoms. The Balaban J connectivity index is 1.65. The topological polar surface area (TPSA) is 92.5 Å². The van der Waals surface area contributed by atoms with Gasteiger partial charge in [-0.15, -0.1) is 0 Å². The summed E-state index contributed by atoms with van der Waals surface area (Å²) in [6.07, 6.45) is 3.49. The second kappa shape index (κ2) is 10.9. The molecule has 1 N–H and O–H groups in total. The molecule has 8 nitrogen and oxygen atoms in total. The summed E-state index contributed by atoms with van der Waals surface area (Å²) in [6.45, 7) is 3.71. The molecule has 0 radical (unpaired) electrons. The van der Waals surface area contributed by atoms with Gasteiger partial charge in [-0.1, -0.05) is 23.2 Å². The molecular weight excluding hydrogens is 543 g/mol. The summed E-state index contributed by atoms with van der Waals surface area (Å²) in [7, 11) is 2.76. The molecule has 1 unspecified atom stereocenters. The summed E-state index contributed by atoms with van der Waals surface area (Å²) >= 11 is 12.8. The van der Waals surface area contributed by atoms with Crippen LogP contribution in [0.3, 0.4) is 0 Å². The number of carbonyl (C=O) groups excluding carboxylic acids is 2. The average molecular weight is 571 g/mol. The van der Waals surface area contributed by atoms with Gasteiger partial charge in [-0.25, -0.2) is 0 Å². The first-order valence-corrected chi connectivity index (χ1v) is 13.3. The molecule has 204 valence electrons. The van der Waals surface area contributed by atoms with E-state index in [0.29, 0.717) is 17.2 Å². The Hall–Kier alpha value is -3.62. The zero-order valence-corrected chi connectivity index (χ0v) is 23.3. The van der Waals surface area contributed by atoms with E-state index in [1.807, 2.05) is 12.1 Å². The third-order valence-electron chi connectivity index (χ3n) is 7.12. The molecule has 0 spiro atoms. The SMILES string of the molecule is COc1c(Cl)cc(/C(O)=C2\C(=O)C(=O)N(c3ccc(N4CCCCC4)cc3)C2c2ccc(C)o2)c(OC)c1Cl. The molecule has 2 aromatic carbocycles. The van der Waals surface area contributed by atoms with Crippen molar-refractivity contribution in [3.63, 3.8) is 0 Å². The highest BCUT2D eigenvalue weighted by Gasteiger charge is 2.49. The zero-order chi connectivity index (χ0) is 27.8. The first-order chi connectivity index (χ1) is 18.8. The van der Waals surface area contributed by atoms with E-state index in [9.17, 15) is 14.7 Å². The molecule has 5 rings (SSSR count). The third kappa shape index (κ3) is 4.72. The standard InChI is InChI=1S/C29H28Cl2N2O6/c1-16-7-12-21(39-16)24-22(25(34)19-15-20(30)28(38-3)23(31)27(19)37-2)26(35)29(36)33(24)18-10-8-17(9-11-18)32-13-5-4-6-14-32/h7-12,15,24,34H,4-6,13-14H2,1-3H3/b25-22+. The van der Waals surface area contributed by atoms with E-state index in [-0.39, 0.29) is 32.7 Å². The van der Waals surface area contributed by atoms with Gasteiger partial charge >= 0.3 is 0 Å². The van der Waals surface area contributed by atoms with Crippen LogP contribution in [0.15, 0.2) is 52.5 Å². The number of furan rings is 1. The summed E-state index contributed by atoms with van der Waals surface area (Å²) in [5, 5.41) is 11.7. The lowest BCUT2D eigenvalue weighted by molar-refractivity contribution is -0.132. The van der Waals surface area contributed by atoms with Crippen molar-refractivity contribution in [1.82, 2.24) is 0 Å². The van der Waals surface area contributed by atoms with Gasteiger partial charge in [0.1, 0.15) is 28.3 Å². The van der Waals surface area contributed by atoms with Gasteiger partial charge < -0.3 is 23.9 Å². The van der Waals surface area contributed by atoms with Crippen molar-refractivity contribution >= 4 is 52.0 Å². The van der Waals surface area contributed by atoms with E-state index in [2.05, 4.69) is 4.90 Å². The van der Waals surface area contributed by atoms with Crippen molar-refractivity contribution < 1.29 is 28.6 Å². The first kappa shape index (κ1) is 27.0. The summed E-state index contributed by atoms with van der Waals surface area (Å²) < 4.78 is 16.6. The number of methoxy groups -OCH3 is 2. The van der Waals surface area contributed by atoms with Crippen molar-refractivity contribution in [2.45, 2.75) is 32.2 Å². The number of aryl methyl sites for hydroxylation is 1. The Morgan fingerprint density at radius 1 is 0.949 bits per heavy atom. The number of ketones is 1. The number of carbonyl (C=O) groups is 2. The van der Waals surface area contributed by atoms with Crippen LogP contribution in [0.5, 0.6) is 11.5 Å². The second-order valence-electron chi connectivity index (χ2n) is 9.47. The lowest BCUT2D eigenvalue weighted by atomic mass is 9.98. The van der Waals surface area contributed by atoms with Crippen molar-refractivity contribution in [3.8, 4) is 11.5 Å². The maximum Gasteiger partial charge on any atom is 0.300 e. The fourth-order valence-corrected chi connectivity index (χ4v) is 5.92. The maximum atomic E-state index is 13.5. The Bertz CT molecular complexity index is 1460. The Morgan fingerprint density at radius 2 is 1.59 bits per heavy atom. The second-order valence-corrected chi connectivity index (χ2v) is 10.3. The average Bonchev–Trinajstić information content (AvgIpc) is 3.49. The number of halogens is 2. The number of aliphatic hydroxyl groups is 1. The number of nitrogens with zero attached hydrogens (tertiary/aromatic N) is 2. The number of amides is 1. The first-order valence-electron chi connectivity index (χ1n) is 12.6. The highest BCUT2D eigenvalue weighted by Crippen LogP contribution is 2.48. The van der Waals surface area contributed by atoms with Gasteiger partial charge in [-0.2, -0.15) is 0 Å². The van der Waals surface area contributed by atoms with Crippen molar-refractivity contribution in [3.05, 3.63) is 75.2 Å². The van der Waals surface area contributed by atoms with Crippen LogP contribution < -0.4 is 19.3 Å². The van der Waals surface area contributed by atoms with E-state index < -0.39 is 23.5 Å². The van der Waals surface area contributed by atoms with E-state index in [1.165, 1.54) is 31.6 Å². The van der Waals surface area contributed by atoms with Gasteiger partial charge in [0.05, 0.1) is 30.4 Å². The number of rotatable bonds is 6. The van der Waals surface area contributed by atoms with Gasteiger partial charge in [0.25, 0.3) is 11.7 Å². The summed E-state index contributed by atoms with van der Waals surface area (Å²) in [4.78, 5) is 30.6. The number of hydrogen-bond donors (Lipinski definition) is 1. The van der Waals surface area contributed by atoms with E-state index in [0.717, 1.165) is 31.6 Å². The molecule has 1 atom stereocenters. The zero-order valence-electron chi connectivity index (χ0n) is 21.8. The van der Waals surface area contributed by atoms with Crippen LogP contribution in [0.25, 0.3) is 5.76 Å². The summed E-state index contributed by atoms with van der Waals surface area (Å²) in [6, 6.07) is 11.2. The molecule has 3 aromatic rings. The highest BCUT2D eigenvalue weighted by molar-refractivity contribution is 6.52. The smallest absolute Gasteiger partial charge is 0.300 e. The molecule has 2 aliphatic rings. The molecule has 0 saturated carbocycles. The van der Waals surface area contributed by atoms with Crippen LogP contribution in [-0.2, 0) is 9.59 Å². The molecule has 2 fully saturated rings. The van der Waals surface area contributed by atoms with E-state index in [4.69, 9.17) is 37.1 Å². The monoisotopic (exact) mass is 570 g/mol.